The maximum Gasteiger partial charge on any atom is 0.162 e. The number of methoxy groups -OCH3 is 1. The molecule has 2 rings (SSSR count). The Hall–Kier alpha value is -0.910. The number of nitrogens with zero attached hydrogens (tertiary/aromatic N) is 2. The monoisotopic (exact) mass is 253 g/mol. The van der Waals surface area contributed by atoms with Crippen molar-refractivity contribution in [3.05, 3.63) is 17.5 Å². The highest BCUT2D eigenvalue weighted by atomic mass is 16.5. The Morgan fingerprint density at radius 2 is 2.28 bits per heavy atom. The topological polar surface area (TPSA) is 50.5 Å². The Labute approximate surface area is 108 Å². The number of rotatable bonds is 6. The molecule has 102 valence electrons. The molecule has 1 fully saturated rings. The van der Waals surface area contributed by atoms with Crippen molar-refractivity contribution < 1.29 is 9.26 Å². The molecule has 1 aromatic rings. The fourth-order valence-electron chi connectivity index (χ4n) is 2.52. The Balaban J connectivity index is 1.91. The van der Waals surface area contributed by atoms with Gasteiger partial charge in [-0.3, -0.25) is 4.90 Å². The second-order valence-electron chi connectivity index (χ2n) is 4.76. The van der Waals surface area contributed by atoms with Gasteiger partial charge in [0.1, 0.15) is 6.61 Å². The maximum atomic E-state index is 5.22. The van der Waals surface area contributed by atoms with Crippen LogP contribution in [0.4, 0.5) is 0 Å². The van der Waals surface area contributed by atoms with Crippen molar-refractivity contribution in [1.82, 2.24) is 15.4 Å². The zero-order valence-corrected chi connectivity index (χ0v) is 11.3. The van der Waals surface area contributed by atoms with E-state index in [9.17, 15) is 0 Å². The summed E-state index contributed by atoms with van der Waals surface area (Å²) >= 11 is 0. The van der Waals surface area contributed by atoms with Crippen LogP contribution in [0.15, 0.2) is 10.6 Å². The van der Waals surface area contributed by atoms with Crippen molar-refractivity contribution >= 4 is 0 Å². The molecule has 0 atom stereocenters. The molecule has 1 aliphatic heterocycles. The maximum absolute atomic E-state index is 5.22. The van der Waals surface area contributed by atoms with Gasteiger partial charge in [-0.2, -0.15) is 0 Å². The summed E-state index contributed by atoms with van der Waals surface area (Å²) in [4.78, 5) is 2.48. The average Bonchev–Trinajstić information content (AvgIpc) is 2.85. The van der Waals surface area contributed by atoms with Gasteiger partial charge in [0.25, 0.3) is 0 Å². The lowest BCUT2D eigenvalue weighted by molar-refractivity contribution is 0.151. The Bertz CT molecular complexity index is 348. The molecule has 18 heavy (non-hydrogen) atoms. The quantitative estimate of drug-likeness (QED) is 0.830. The van der Waals surface area contributed by atoms with Crippen LogP contribution in [0.2, 0.25) is 0 Å². The van der Waals surface area contributed by atoms with Crippen LogP contribution in [0.5, 0.6) is 0 Å². The molecular weight excluding hydrogens is 230 g/mol. The molecule has 1 aromatic heterocycles. The molecule has 0 radical (unpaired) electrons. The fraction of sp³-hybridized carbons (Fsp3) is 0.769. The van der Waals surface area contributed by atoms with E-state index in [1.54, 1.807) is 7.11 Å². The van der Waals surface area contributed by atoms with Gasteiger partial charge in [0, 0.05) is 25.8 Å². The lowest BCUT2D eigenvalue weighted by Crippen LogP contribution is -2.42. The van der Waals surface area contributed by atoms with E-state index >= 15 is 0 Å². The highest BCUT2D eigenvalue weighted by Crippen LogP contribution is 2.15. The summed E-state index contributed by atoms with van der Waals surface area (Å²) in [6.07, 6.45) is 2.44. The van der Waals surface area contributed by atoms with Gasteiger partial charge in [0.15, 0.2) is 5.76 Å². The molecule has 0 unspecified atom stereocenters. The van der Waals surface area contributed by atoms with Crippen molar-refractivity contribution in [3.63, 3.8) is 0 Å². The fourth-order valence-corrected chi connectivity index (χ4v) is 2.52. The number of hydrogen-bond acceptors (Lipinski definition) is 5. The van der Waals surface area contributed by atoms with E-state index in [0.29, 0.717) is 12.6 Å². The molecule has 0 spiro atoms. The lowest BCUT2D eigenvalue weighted by Gasteiger charge is -2.33. The first-order valence-corrected chi connectivity index (χ1v) is 6.71. The minimum absolute atomic E-state index is 0.493. The summed E-state index contributed by atoms with van der Waals surface area (Å²) in [5.74, 6) is 0.800. The third-order valence-corrected chi connectivity index (χ3v) is 3.49. The molecule has 0 bridgehead atoms. The number of aromatic nitrogens is 1. The molecule has 0 saturated carbocycles. The first kappa shape index (κ1) is 13.5. The van der Waals surface area contributed by atoms with Crippen LogP contribution in [0.1, 0.15) is 31.2 Å². The molecule has 1 N–H and O–H groups in total. The van der Waals surface area contributed by atoms with Gasteiger partial charge in [-0.15, -0.1) is 0 Å². The Kier molecular flexibility index (Phi) is 5.16. The van der Waals surface area contributed by atoms with Gasteiger partial charge in [-0.25, -0.2) is 0 Å². The first-order chi connectivity index (χ1) is 8.83. The third-order valence-electron chi connectivity index (χ3n) is 3.49. The van der Waals surface area contributed by atoms with E-state index in [4.69, 9.17) is 9.26 Å². The van der Waals surface area contributed by atoms with Crippen LogP contribution < -0.4 is 5.32 Å². The van der Waals surface area contributed by atoms with Crippen molar-refractivity contribution in [1.29, 1.82) is 0 Å². The van der Waals surface area contributed by atoms with Gasteiger partial charge in [0.2, 0.25) is 0 Å². The average molecular weight is 253 g/mol. The molecule has 5 heteroatoms. The smallest absolute Gasteiger partial charge is 0.162 e. The summed E-state index contributed by atoms with van der Waals surface area (Å²) in [5.41, 5.74) is 1.00. The summed E-state index contributed by atoms with van der Waals surface area (Å²) in [7, 11) is 1.66. The standard InChI is InChI=1S/C13H23N3O2/c1-3-16(12-4-6-14-7-5-12)9-11-8-13(10-17-2)18-15-11/h8,12,14H,3-7,9-10H2,1-2H3. The molecule has 0 aliphatic carbocycles. The third kappa shape index (κ3) is 3.54. The SMILES string of the molecule is CCN(Cc1cc(COC)on1)C1CCNCC1. The largest absolute Gasteiger partial charge is 0.377 e. The lowest BCUT2D eigenvalue weighted by atomic mass is 10.0. The van der Waals surface area contributed by atoms with E-state index in [2.05, 4.69) is 22.3 Å². The Morgan fingerprint density at radius 1 is 1.50 bits per heavy atom. The zero-order valence-electron chi connectivity index (χ0n) is 11.3. The van der Waals surface area contributed by atoms with E-state index in [1.807, 2.05) is 6.07 Å². The molecule has 0 aromatic carbocycles. The summed E-state index contributed by atoms with van der Waals surface area (Å²) in [6.45, 7) is 6.86. The molecular formula is C13H23N3O2. The normalized spacial score (nSPS) is 17.5. The first-order valence-electron chi connectivity index (χ1n) is 6.71. The second-order valence-corrected chi connectivity index (χ2v) is 4.76. The molecule has 2 heterocycles. The number of nitrogens with one attached hydrogen (secondary N) is 1. The molecule has 5 nitrogen and oxygen atoms in total. The molecule has 1 aliphatic rings. The number of hydrogen-bond donors (Lipinski definition) is 1. The van der Waals surface area contributed by atoms with E-state index in [1.165, 1.54) is 12.8 Å². The van der Waals surface area contributed by atoms with Gasteiger partial charge in [-0.05, 0) is 32.5 Å². The second kappa shape index (κ2) is 6.87. The van der Waals surface area contributed by atoms with Crippen LogP contribution in [0, 0.1) is 0 Å². The van der Waals surface area contributed by atoms with E-state index < -0.39 is 0 Å². The minimum Gasteiger partial charge on any atom is -0.377 e. The van der Waals surface area contributed by atoms with E-state index in [-0.39, 0.29) is 0 Å². The van der Waals surface area contributed by atoms with Crippen LogP contribution >= 0.6 is 0 Å². The van der Waals surface area contributed by atoms with Crippen LogP contribution in [-0.2, 0) is 17.9 Å². The predicted octanol–water partition coefficient (Wildman–Crippen LogP) is 1.39. The summed E-state index contributed by atoms with van der Waals surface area (Å²) in [6, 6.07) is 2.66. The van der Waals surface area contributed by atoms with Crippen molar-refractivity contribution in [2.24, 2.45) is 0 Å². The van der Waals surface area contributed by atoms with Crippen molar-refractivity contribution in [2.45, 2.75) is 39.0 Å². The van der Waals surface area contributed by atoms with Gasteiger partial charge >= 0.3 is 0 Å². The van der Waals surface area contributed by atoms with Crippen LogP contribution in [0.25, 0.3) is 0 Å². The van der Waals surface area contributed by atoms with Crippen molar-refractivity contribution in [3.8, 4) is 0 Å². The van der Waals surface area contributed by atoms with Gasteiger partial charge in [0.05, 0.1) is 5.69 Å². The number of ether oxygens (including phenoxy) is 1. The predicted molar refractivity (Wildman–Crippen MR) is 69.2 cm³/mol. The highest BCUT2D eigenvalue weighted by Gasteiger charge is 2.20. The van der Waals surface area contributed by atoms with Crippen LogP contribution in [0.3, 0.4) is 0 Å². The Morgan fingerprint density at radius 3 is 2.94 bits per heavy atom. The highest BCUT2D eigenvalue weighted by molar-refractivity contribution is 5.04. The molecule has 0 amide bonds. The van der Waals surface area contributed by atoms with Crippen LogP contribution in [-0.4, -0.2) is 42.8 Å². The van der Waals surface area contributed by atoms with E-state index in [0.717, 1.165) is 37.6 Å². The van der Waals surface area contributed by atoms with Gasteiger partial charge < -0.3 is 14.6 Å². The number of piperidine rings is 1. The summed E-state index contributed by atoms with van der Waals surface area (Å²) in [5, 5.41) is 7.51. The van der Waals surface area contributed by atoms with Gasteiger partial charge in [-0.1, -0.05) is 12.1 Å². The zero-order chi connectivity index (χ0) is 12.8. The minimum atomic E-state index is 0.493. The van der Waals surface area contributed by atoms with Crippen molar-refractivity contribution in [2.75, 3.05) is 26.7 Å². The molecule has 1 saturated heterocycles. The summed E-state index contributed by atoms with van der Waals surface area (Å²) < 4.78 is 10.3.